The van der Waals surface area contributed by atoms with Crippen LogP contribution in [0.4, 0.5) is 0 Å². The molecular weight excluding hydrogens is 416 g/mol. The van der Waals surface area contributed by atoms with Gasteiger partial charge in [-0.2, -0.15) is 0 Å². The maximum absolute atomic E-state index is 11.3. The zero-order valence-electron chi connectivity index (χ0n) is 19.3. The first-order chi connectivity index (χ1) is 15.6. The van der Waals surface area contributed by atoms with Crippen LogP contribution in [0.2, 0.25) is 0 Å². The van der Waals surface area contributed by atoms with Crippen LogP contribution in [-0.2, 0) is 15.9 Å². The van der Waals surface area contributed by atoms with Gasteiger partial charge in [-0.25, -0.2) is 0 Å². The van der Waals surface area contributed by atoms with E-state index >= 15 is 0 Å². The molecule has 176 valence electrons. The highest BCUT2D eigenvalue weighted by Gasteiger charge is 2.31. The molecule has 0 radical (unpaired) electrons. The topological polar surface area (TPSA) is 84.8 Å². The summed E-state index contributed by atoms with van der Waals surface area (Å²) in [7, 11) is 8.03. The second-order valence-electron chi connectivity index (χ2n) is 7.63. The normalized spacial score (nSPS) is 15.2. The van der Waals surface area contributed by atoms with Crippen LogP contribution in [-0.4, -0.2) is 60.7 Å². The van der Waals surface area contributed by atoms with Gasteiger partial charge in [0, 0.05) is 26.7 Å². The van der Waals surface area contributed by atoms with E-state index in [9.17, 15) is 5.11 Å². The van der Waals surface area contributed by atoms with E-state index in [4.69, 9.17) is 33.2 Å². The standard InChI is InChI=1S/C24H32O8/c1-26-12-17(8-15-9-21(30-5)24-22(10-15)31-14-32-24)18(13-27-2)23(25)16-6-7-19(28-3)20(11-16)29-4/h6-7,9-11,17-18,23,25H,8,12-14H2,1-5H3/t17-,18-,23-/m0/s1. The molecule has 0 saturated heterocycles. The minimum absolute atomic E-state index is 0.0480. The molecule has 1 aliphatic rings. The van der Waals surface area contributed by atoms with Gasteiger partial charge in [-0.1, -0.05) is 6.07 Å². The zero-order chi connectivity index (χ0) is 23.1. The number of aliphatic hydroxyl groups excluding tert-OH is 1. The summed E-state index contributed by atoms with van der Waals surface area (Å²) in [6, 6.07) is 9.29. The number of methoxy groups -OCH3 is 5. The van der Waals surface area contributed by atoms with E-state index in [0.717, 1.165) is 5.56 Å². The highest BCUT2D eigenvalue weighted by Crippen LogP contribution is 2.43. The van der Waals surface area contributed by atoms with Gasteiger partial charge in [0.15, 0.2) is 23.0 Å². The molecule has 0 saturated carbocycles. The molecule has 0 bridgehead atoms. The average Bonchev–Trinajstić information content (AvgIpc) is 3.29. The summed E-state index contributed by atoms with van der Waals surface area (Å²) in [5, 5.41) is 11.3. The Morgan fingerprint density at radius 1 is 0.844 bits per heavy atom. The number of benzene rings is 2. The van der Waals surface area contributed by atoms with Crippen LogP contribution >= 0.6 is 0 Å². The maximum atomic E-state index is 11.3. The number of rotatable bonds is 12. The Morgan fingerprint density at radius 3 is 2.22 bits per heavy atom. The first-order valence-corrected chi connectivity index (χ1v) is 10.4. The zero-order valence-corrected chi connectivity index (χ0v) is 19.3. The Kier molecular flexibility index (Phi) is 8.44. The van der Waals surface area contributed by atoms with Crippen LogP contribution in [0, 0.1) is 11.8 Å². The lowest BCUT2D eigenvalue weighted by Crippen LogP contribution is -2.31. The Bertz CT molecular complexity index is 885. The van der Waals surface area contributed by atoms with Crippen LogP contribution in [0.1, 0.15) is 17.2 Å². The lowest BCUT2D eigenvalue weighted by Gasteiger charge is -2.31. The summed E-state index contributed by atoms with van der Waals surface area (Å²) in [4.78, 5) is 0. The summed E-state index contributed by atoms with van der Waals surface area (Å²) >= 11 is 0. The quantitative estimate of drug-likeness (QED) is 0.530. The van der Waals surface area contributed by atoms with E-state index < -0.39 is 6.10 Å². The first-order valence-electron chi connectivity index (χ1n) is 10.4. The summed E-state index contributed by atoms with van der Waals surface area (Å²) in [5.41, 5.74) is 1.71. The minimum Gasteiger partial charge on any atom is -0.493 e. The van der Waals surface area contributed by atoms with Crippen molar-refractivity contribution in [1.29, 1.82) is 0 Å². The van der Waals surface area contributed by atoms with Gasteiger partial charge in [0.25, 0.3) is 0 Å². The molecule has 8 nitrogen and oxygen atoms in total. The van der Waals surface area contributed by atoms with Crippen molar-refractivity contribution in [1.82, 2.24) is 0 Å². The van der Waals surface area contributed by atoms with Crippen molar-refractivity contribution in [2.75, 3.05) is 55.6 Å². The monoisotopic (exact) mass is 448 g/mol. The number of ether oxygens (including phenoxy) is 7. The molecule has 0 amide bonds. The molecule has 1 heterocycles. The fourth-order valence-corrected chi connectivity index (χ4v) is 4.11. The molecule has 1 aliphatic heterocycles. The van der Waals surface area contributed by atoms with Crippen LogP contribution in [0.15, 0.2) is 30.3 Å². The molecule has 2 aromatic carbocycles. The summed E-state index contributed by atoms with van der Waals surface area (Å²) in [6.07, 6.45) is -0.176. The van der Waals surface area contributed by atoms with Gasteiger partial charge in [0.05, 0.1) is 34.0 Å². The van der Waals surface area contributed by atoms with Crippen LogP contribution in [0.3, 0.4) is 0 Å². The van der Waals surface area contributed by atoms with Gasteiger partial charge in [0.1, 0.15) is 0 Å². The van der Waals surface area contributed by atoms with Crippen molar-refractivity contribution in [3.8, 4) is 28.7 Å². The molecule has 8 heteroatoms. The highest BCUT2D eigenvalue weighted by atomic mass is 16.7. The van der Waals surface area contributed by atoms with E-state index in [1.54, 1.807) is 47.7 Å². The third-order valence-electron chi connectivity index (χ3n) is 5.72. The van der Waals surface area contributed by atoms with Gasteiger partial charge in [-0.3, -0.25) is 0 Å². The molecule has 3 atom stereocenters. The Labute approximate surface area is 188 Å². The molecular formula is C24H32O8. The number of aliphatic hydroxyl groups is 1. The second kappa shape index (κ2) is 11.3. The van der Waals surface area contributed by atoms with Crippen LogP contribution in [0.25, 0.3) is 0 Å². The van der Waals surface area contributed by atoms with Crippen molar-refractivity contribution in [2.24, 2.45) is 11.8 Å². The molecule has 2 aromatic rings. The molecule has 0 spiro atoms. The van der Waals surface area contributed by atoms with Crippen molar-refractivity contribution < 1.29 is 38.3 Å². The largest absolute Gasteiger partial charge is 0.493 e. The fourth-order valence-electron chi connectivity index (χ4n) is 4.11. The third-order valence-corrected chi connectivity index (χ3v) is 5.72. The summed E-state index contributed by atoms with van der Waals surface area (Å²) < 4.78 is 38.3. The van der Waals surface area contributed by atoms with Gasteiger partial charge < -0.3 is 38.3 Å². The molecule has 0 fully saturated rings. The molecule has 0 aromatic heterocycles. The van der Waals surface area contributed by atoms with E-state index in [0.29, 0.717) is 53.9 Å². The van der Waals surface area contributed by atoms with Crippen molar-refractivity contribution in [3.05, 3.63) is 41.5 Å². The molecule has 0 unspecified atom stereocenters. The van der Waals surface area contributed by atoms with Crippen LogP contribution < -0.4 is 23.7 Å². The summed E-state index contributed by atoms with van der Waals surface area (Å²) in [6.45, 7) is 0.960. The molecule has 3 rings (SSSR count). The van der Waals surface area contributed by atoms with Crippen molar-refractivity contribution in [2.45, 2.75) is 12.5 Å². The van der Waals surface area contributed by atoms with E-state index in [1.165, 1.54) is 0 Å². The van der Waals surface area contributed by atoms with Gasteiger partial charge in [-0.05, 0) is 47.7 Å². The minimum atomic E-state index is -0.800. The Balaban J connectivity index is 1.89. The van der Waals surface area contributed by atoms with Gasteiger partial charge in [0.2, 0.25) is 12.5 Å². The predicted molar refractivity (Wildman–Crippen MR) is 118 cm³/mol. The van der Waals surface area contributed by atoms with Crippen molar-refractivity contribution >= 4 is 0 Å². The number of hydrogen-bond donors (Lipinski definition) is 1. The fraction of sp³-hybridized carbons (Fsp3) is 0.500. The van der Waals surface area contributed by atoms with Crippen molar-refractivity contribution in [3.63, 3.8) is 0 Å². The summed E-state index contributed by atoms with van der Waals surface area (Å²) in [5.74, 6) is 2.76. The SMILES string of the molecule is COC[C@H](Cc1cc(OC)c2c(c1)OCO2)[C@H](COC)[C@@H](O)c1ccc(OC)c(OC)c1. The lowest BCUT2D eigenvalue weighted by molar-refractivity contribution is -0.00838. The third kappa shape index (κ3) is 5.20. The van der Waals surface area contributed by atoms with Crippen LogP contribution in [0.5, 0.6) is 28.7 Å². The van der Waals surface area contributed by atoms with Gasteiger partial charge in [-0.15, -0.1) is 0 Å². The van der Waals surface area contributed by atoms with E-state index in [1.807, 2.05) is 18.2 Å². The maximum Gasteiger partial charge on any atom is 0.231 e. The molecule has 32 heavy (non-hydrogen) atoms. The Hall–Kier alpha value is -2.68. The number of fused-ring (bicyclic) bond motifs is 1. The lowest BCUT2D eigenvalue weighted by atomic mass is 9.81. The second-order valence-corrected chi connectivity index (χ2v) is 7.63. The Morgan fingerprint density at radius 2 is 1.56 bits per heavy atom. The highest BCUT2D eigenvalue weighted by molar-refractivity contribution is 5.55. The predicted octanol–water partition coefficient (Wildman–Crippen LogP) is 3.24. The molecule has 1 N–H and O–H groups in total. The molecule has 0 aliphatic carbocycles. The van der Waals surface area contributed by atoms with E-state index in [2.05, 4.69) is 0 Å². The average molecular weight is 449 g/mol. The smallest absolute Gasteiger partial charge is 0.231 e. The van der Waals surface area contributed by atoms with Gasteiger partial charge >= 0.3 is 0 Å². The number of hydrogen-bond acceptors (Lipinski definition) is 8. The van der Waals surface area contributed by atoms with E-state index in [-0.39, 0.29) is 18.6 Å². The first kappa shape index (κ1) is 24.0.